The predicted molar refractivity (Wildman–Crippen MR) is 63.1 cm³/mol. The Morgan fingerprint density at radius 3 is 2.68 bits per heavy atom. The van der Waals surface area contributed by atoms with Crippen LogP contribution in [0.4, 0.5) is 4.79 Å². The third-order valence-corrected chi connectivity index (χ3v) is 2.15. The van der Waals surface area contributed by atoms with Crippen LogP contribution in [0.25, 0.3) is 0 Å². The van der Waals surface area contributed by atoms with E-state index in [0.29, 0.717) is 11.5 Å². The molecule has 0 atom stereocenters. The van der Waals surface area contributed by atoms with Gasteiger partial charge in [0.05, 0.1) is 6.54 Å². The van der Waals surface area contributed by atoms with Gasteiger partial charge in [0, 0.05) is 18.9 Å². The number of nitrogens with zero attached hydrogens (tertiary/aromatic N) is 1. The number of hydrogen-bond donors (Lipinski definition) is 3. The van der Waals surface area contributed by atoms with Crippen LogP contribution in [0, 0.1) is 6.92 Å². The first-order valence-electron chi connectivity index (χ1n) is 5.69. The molecule has 3 amide bonds. The predicted octanol–water partition coefficient (Wildman–Crippen LogP) is 0.564. The van der Waals surface area contributed by atoms with Crippen LogP contribution in [-0.4, -0.2) is 28.2 Å². The van der Waals surface area contributed by atoms with Gasteiger partial charge >= 0.3 is 12.0 Å². The normalized spacial score (nSPS) is 9.95. The zero-order valence-electron chi connectivity index (χ0n) is 10.4. The lowest BCUT2D eigenvalue weighted by atomic mass is 10.2. The number of carboxylic acids is 1. The number of hydrogen-bond acceptors (Lipinski definition) is 5. The number of carbonyl (C=O) groups is 3. The Morgan fingerprint density at radius 1 is 1.37 bits per heavy atom. The zero-order valence-corrected chi connectivity index (χ0v) is 10.4. The molecule has 0 aromatic carbocycles. The van der Waals surface area contributed by atoms with Crippen molar-refractivity contribution < 1.29 is 24.0 Å². The van der Waals surface area contributed by atoms with E-state index in [2.05, 4.69) is 15.8 Å². The maximum atomic E-state index is 11.3. The number of carboxylic acid groups (broad SMARTS) is 1. The van der Waals surface area contributed by atoms with E-state index < -0.39 is 17.9 Å². The second-order valence-electron chi connectivity index (χ2n) is 3.91. The van der Waals surface area contributed by atoms with E-state index in [1.54, 1.807) is 13.0 Å². The molecule has 0 aliphatic rings. The molecule has 1 aromatic heterocycles. The first-order chi connectivity index (χ1) is 8.97. The van der Waals surface area contributed by atoms with Gasteiger partial charge in [-0.15, -0.1) is 0 Å². The van der Waals surface area contributed by atoms with Crippen LogP contribution < -0.4 is 10.6 Å². The van der Waals surface area contributed by atoms with E-state index in [9.17, 15) is 14.4 Å². The van der Waals surface area contributed by atoms with Crippen molar-refractivity contribution in [3.05, 3.63) is 17.5 Å². The molecule has 0 bridgehead atoms. The number of urea groups is 1. The van der Waals surface area contributed by atoms with Gasteiger partial charge in [-0.05, 0) is 13.3 Å². The molecule has 8 nitrogen and oxygen atoms in total. The number of aromatic nitrogens is 1. The summed E-state index contributed by atoms with van der Waals surface area (Å²) in [6, 6.07) is 1.01. The van der Waals surface area contributed by atoms with Crippen LogP contribution in [0.1, 0.15) is 30.7 Å². The second kappa shape index (κ2) is 7.14. The van der Waals surface area contributed by atoms with Crippen molar-refractivity contribution >= 4 is 17.9 Å². The summed E-state index contributed by atoms with van der Waals surface area (Å²) in [5.41, 5.74) is 0.547. The highest BCUT2D eigenvalue weighted by Crippen LogP contribution is 2.00. The minimum atomic E-state index is -0.973. The average Bonchev–Trinajstić information content (AvgIpc) is 2.72. The lowest BCUT2D eigenvalue weighted by Gasteiger charge is -2.04. The molecule has 0 aliphatic heterocycles. The van der Waals surface area contributed by atoms with Crippen LogP contribution in [0.3, 0.4) is 0 Å². The minimum Gasteiger partial charge on any atom is -0.481 e. The van der Waals surface area contributed by atoms with Gasteiger partial charge in [0.2, 0.25) is 5.91 Å². The molecule has 104 valence electrons. The van der Waals surface area contributed by atoms with Crippen LogP contribution in [0.15, 0.2) is 10.6 Å². The topological polar surface area (TPSA) is 122 Å². The molecule has 0 spiro atoms. The molecule has 1 heterocycles. The van der Waals surface area contributed by atoms with Gasteiger partial charge in [-0.1, -0.05) is 5.16 Å². The van der Waals surface area contributed by atoms with E-state index in [1.165, 1.54) is 0 Å². The van der Waals surface area contributed by atoms with E-state index in [-0.39, 0.29) is 25.8 Å². The Morgan fingerprint density at radius 2 is 2.11 bits per heavy atom. The van der Waals surface area contributed by atoms with Crippen LogP contribution in [0.2, 0.25) is 0 Å². The maximum Gasteiger partial charge on any atom is 0.321 e. The molecule has 1 aromatic rings. The van der Waals surface area contributed by atoms with Crippen LogP contribution in [-0.2, 0) is 16.1 Å². The Labute approximate surface area is 109 Å². The lowest BCUT2D eigenvalue weighted by Crippen LogP contribution is -2.39. The average molecular weight is 269 g/mol. The number of amides is 3. The van der Waals surface area contributed by atoms with Crippen molar-refractivity contribution in [2.45, 2.75) is 32.7 Å². The summed E-state index contributed by atoms with van der Waals surface area (Å²) >= 11 is 0. The van der Waals surface area contributed by atoms with Gasteiger partial charge in [-0.25, -0.2) is 4.79 Å². The Balaban J connectivity index is 2.19. The summed E-state index contributed by atoms with van der Waals surface area (Å²) in [6.07, 6.45) is 0.0764. The molecule has 1 rings (SSSR count). The van der Waals surface area contributed by atoms with Crippen LogP contribution >= 0.6 is 0 Å². The van der Waals surface area contributed by atoms with Crippen molar-refractivity contribution in [1.29, 1.82) is 0 Å². The fourth-order valence-electron chi connectivity index (χ4n) is 1.31. The molecule has 19 heavy (non-hydrogen) atoms. The van der Waals surface area contributed by atoms with Gasteiger partial charge in [0.1, 0.15) is 11.5 Å². The first-order valence-corrected chi connectivity index (χ1v) is 5.69. The molecule has 0 radical (unpaired) electrons. The first kappa shape index (κ1) is 14.7. The molecule has 0 saturated heterocycles. The molecule has 3 N–H and O–H groups in total. The summed E-state index contributed by atoms with van der Waals surface area (Å²) in [5, 5.41) is 16.6. The Kier molecular flexibility index (Phi) is 5.52. The Hall–Kier alpha value is -2.38. The summed E-state index contributed by atoms with van der Waals surface area (Å²) in [7, 11) is 0. The van der Waals surface area contributed by atoms with Crippen molar-refractivity contribution in [1.82, 2.24) is 15.8 Å². The van der Waals surface area contributed by atoms with Gasteiger partial charge in [0.25, 0.3) is 0 Å². The summed E-state index contributed by atoms with van der Waals surface area (Å²) in [6.45, 7) is 1.87. The van der Waals surface area contributed by atoms with Crippen LogP contribution in [0.5, 0.6) is 0 Å². The fraction of sp³-hybridized carbons (Fsp3) is 0.455. The number of rotatable bonds is 6. The maximum absolute atomic E-state index is 11.3. The molecular formula is C11H15N3O5. The van der Waals surface area contributed by atoms with Gasteiger partial charge < -0.3 is 14.9 Å². The highest BCUT2D eigenvalue weighted by atomic mass is 16.5. The monoisotopic (exact) mass is 269 g/mol. The number of aliphatic carboxylic acids is 1. The largest absolute Gasteiger partial charge is 0.481 e. The van der Waals surface area contributed by atoms with Crippen molar-refractivity contribution in [3.8, 4) is 0 Å². The third kappa shape index (κ3) is 6.20. The Bertz CT molecular complexity index is 469. The summed E-state index contributed by atoms with van der Waals surface area (Å²) in [5.74, 6) is -0.865. The lowest BCUT2D eigenvalue weighted by molar-refractivity contribution is -0.137. The van der Waals surface area contributed by atoms with E-state index >= 15 is 0 Å². The summed E-state index contributed by atoms with van der Waals surface area (Å²) < 4.78 is 4.81. The molecule has 0 fully saturated rings. The van der Waals surface area contributed by atoms with Crippen molar-refractivity contribution in [2.24, 2.45) is 0 Å². The molecule has 0 unspecified atom stereocenters. The standard InChI is InChI=1S/C11H15N3O5/c1-7-5-8(14-19-7)6-12-11(18)13-9(15)3-2-4-10(16)17/h5H,2-4,6H2,1H3,(H,16,17)(H2,12,13,15,18). The quantitative estimate of drug-likeness (QED) is 0.693. The second-order valence-corrected chi connectivity index (χ2v) is 3.91. The van der Waals surface area contributed by atoms with E-state index in [1.807, 2.05) is 0 Å². The minimum absolute atomic E-state index is 0.0111. The number of aryl methyl sites for hydroxylation is 1. The molecular weight excluding hydrogens is 254 g/mol. The molecule has 8 heteroatoms. The smallest absolute Gasteiger partial charge is 0.321 e. The SMILES string of the molecule is Cc1cc(CNC(=O)NC(=O)CCCC(=O)O)no1. The van der Waals surface area contributed by atoms with Crippen molar-refractivity contribution in [2.75, 3.05) is 0 Å². The van der Waals surface area contributed by atoms with E-state index in [0.717, 1.165) is 0 Å². The van der Waals surface area contributed by atoms with Gasteiger partial charge in [-0.2, -0.15) is 0 Å². The fourth-order valence-corrected chi connectivity index (χ4v) is 1.31. The molecule has 0 aliphatic carbocycles. The van der Waals surface area contributed by atoms with Gasteiger partial charge in [-0.3, -0.25) is 14.9 Å². The zero-order chi connectivity index (χ0) is 14.3. The number of carbonyl (C=O) groups excluding carboxylic acids is 2. The highest BCUT2D eigenvalue weighted by Gasteiger charge is 2.09. The third-order valence-electron chi connectivity index (χ3n) is 2.15. The number of nitrogens with one attached hydrogen (secondary N) is 2. The summed E-state index contributed by atoms with van der Waals surface area (Å²) in [4.78, 5) is 32.8. The highest BCUT2D eigenvalue weighted by molar-refractivity contribution is 5.94. The van der Waals surface area contributed by atoms with E-state index in [4.69, 9.17) is 9.63 Å². The number of imide groups is 1. The molecule has 0 saturated carbocycles. The van der Waals surface area contributed by atoms with Gasteiger partial charge in [0.15, 0.2) is 0 Å². The van der Waals surface area contributed by atoms with Crippen molar-refractivity contribution in [3.63, 3.8) is 0 Å².